The monoisotopic (exact) mass is 399 g/mol. The van der Waals surface area contributed by atoms with Gasteiger partial charge in [-0.25, -0.2) is 0 Å². The first kappa shape index (κ1) is 21.4. The van der Waals surface area contributed by atoms with Crippen molar-refractivity contribution in [3.05, 3.63) is 107 Å². The van der Waals surface area contributed by atoms with E-state index in [-0.39, 0.29) is 17.7 Å². The number of allylic oxidation sites excluding steroid dienone is 1. The summed E-state index contributed by atoms with van der Waals surface area (Å²) in [6.07, 6.45) is 4.17. The van der Waals surface area contributed by atoms with E-state index in [9.17, 15) is 4.79 Å². The first-order chi connectivity index (χ1) is 14.6. The average molecular weight is 400 g/mol. The fourth-order valence-electron chi connectivity index (χ4n) is 3.45. The molecule has 0 heterocycles. The lowest BCUT2D eigenvalue weighted by Gasteiger charge is -2.22. The number of hydrogen-bond acceptors (Lipinski definition) is 2. The zero-order valence-electron chi connectivity index (χ0n) is 17.8. The normalized spacial score (nSPS) is 13.0. The largest absolute Gasteiger partial charge is 0.497 e. The van der Waals surface area contributed by atoms with E-state index in [1.54, 1.807) is 7.11 Å². The zero-order chi connectivity index (χ0) is 21.3. The molecule has 0 aromatic heterocycles. The molecule has 2 unspecified atom stereocenters. The predicted molar refractivity (Wildman–Crippen MR) is 123 cm³/mol. The number of carbonyl (C=O) groups excluding carboxylic acids is 1. The number of ether oxygens (including phenoxy) is 1. The van der Waals surface area contributed by atoms with Crippen molar-refractivity contribution in [2.24, 2.45) is 5.92 Å². The summed E-state index contributed by atoms with van der Waals surface area (Å²) in [4.78, 5) is 13.2. The van der Waals surface area contributed by atoms with Crippen molar-refractivity contribution in [3.63, 3.8) is 0 Å². The molecule has 0 saturated heterocycles. The van der Waals surface area contributed by atoms with Gasteiger partial charge in [0.2, 0.25) is 5.91 Å². The van der Waals surface area contributed by atoms with Crippen molar-refractivity contribution in [1.82, 2.24) is 5.32 Å². The highest BCUT2D eigenvalue weighted by atomic mass is 16.5. The van der Waals surface area contributed by atoms with Gasteiger partial charge in [0, 0.05) is 6.54 Å². The van der Waals surface area contributed by atoms with Crippen LogP contribution in [0, 0.1) is 12.8 Å². The van der Waals surface area contributed by atoms with Crippen molar-refractivity contribution < 1.29 is 9.53 Å². The first-order valence-electron chi connectivity index (χ1n) is 10.3. The highest BCUT2D eigenvalue weighted by Crippen LogP contribution is 2.27. The van der Waals surface area contributed by atoms with Crippen LogP contribution in [-0.2, 0) is 11.3 Å². The Morgan fingerprint density at radius 1 is 0.967 bits per heavy atom. The Bertz CT molecular complexity index is 960. The molecule has 3 nitrogen and oxygen atoms in total. The van der Waals surface area contributed by atoms with Crippen LogP contribution in [0.2, 0.25) is 0 Å². The summed E-state index contributed by atoms with van der Waals surface area (Å²) in [5.74, 6) is 0.641. The van der Waals surface area contributed by atoms with Gasteiger partial charge in [0.25, 0.3) is 0 Å². The molecule has 1 N–H and O–H groups in total. The smallest absolute Gasteiger partial charge is 0.228 e. The summed E-state index contributed by atoms with van der Waals surface area (Å²) >= 11 is 0. The molecule has 154 valence electrons. The molecule has 3 aromatic carbocycles. The molecule has 0 radical (unpaired) electrons. The van der Waals surface area contributed by atoms with E-state index in [4.69, 9.17) is 4.74 Å². The Morgan fingerprint density at radius 2 is 1.63 bits per heavy atom. The Balaban J connectivity index is 1.77. The topological polar surface area (TPSA) is 38.3 Å². The van der Waals surface area contributed by atoms with Gasteiger partial charge in [-0.15, -0.1) is 0 Å². The van der Waals surface area contributed by atoms with Crippen molar-refractivity contribution in [3.8, 4) is 5.75 Å². The van der Waals surface area contributed by atoms with Gasteiger partial charge in [0.05, 0.1) is 13.0 Å². The summed E-state index contributed by atoms with van der Waals surface area (Å²) < 4.78 is 5.22. The third-order valence-electron chi connectivity index (χ3n) is 5.26. The molecule has 0 fully saturated rings. The van der Waals surface area contributed by atoms with Crippen LogP contribution in [0.1, 0.15) is 35.1 Å². The number of aryl methyl sites for hydroxylation is 1. The highest BCUT2D eigenvalue weighted by Gasteiger charge is 2.25. The molecule has 0 aliphatic heterocycles. The van der Waals surface area contributed by atoms with Crippen molar-refractivity contribution in [2.45, 2.75) is 26.3 Å². The maximum Gasteiger partial charge on any atom is 0.228 e. The lowest BCUT2D eigenvalue weighted by atomic mass is 9.85. The third kappa shape index (κ3) is 5.84. The van der Waals surface area contributed by atoms with Crippen molar-refractivity contribution >= 4 is 12.0 Å². The van der Waals surface area contributed by atoms with Crippen LogP contribution in [0.4, 0.5) is 0 Å². The third-order valence-corrected chi connectivity index (χ3v) is 5.26. The van der Waals surface area contributed by atoms with Crippen LogP contribution in [0.25, 0.3) is 6.08 Å². The van der Waals surface area contributed by atoms with Crippen LogP contribution in [0.5, 0.6) is 5.75 Å². The SMILES string of the molecule is COc1ccc(/C=C/C(C)C(C(=O)NCc2ccccc2)c2ccc(C)cc2)cc1. The van der Waals surface area contributed by atoms with E-state index in [1.165, 1.54) is 5.56 Å². The van der Waals surface area contributed by atoms with E-state index in [0.29, 0.717) is 6.54 Å². The van der Waals surface area contributed by atoms with Crippen LogP contribution in [0.3, 0.4) is 0 Å². The zero-order valence-corrected chi connectivity index (χ0v) is 17.8. The number of benzene rings is 3. The molecule has 0 spiro atoms. The summed E-state index contributed by atoms with van der Waals surface area (Å²) in [7, 11) is 1.66. The lowest BCUT2D eigenvalue weighted by Crippen LogP contribution is -2.32. The molecule has 3 rings (SSSR count). The summed E-state index contributed by atoms with van der Waals surface area (Å²) in [6, 6.07) is 26.1. The highest BCUT2D eigenvalue weighted by molar-refractivity contribution is 5.84. The molecule has 0 bridgehead atoms. The molecule has 1 amide bonds. The van der Waals surface area contributed by atoms with Crippen molar-refractivity contribution in [2.75, 3.05) is 7.11 Å². The molecule has 0 saturated carbocycles. The van der Waals surface area contributed by atoms with Crippen LogP contribution in [0.15, 0.2) is 84.9 Å². The number of carbonyl (C=O) groups is 1. The number of amides is 1. The molecule has 3 aromatic rings. The summed E-state index contributed by atoms with van der Waals surface area (Å²) in [5.41, 5.74) is 4.38. The van der Waals surface area contributed by atoms with Crippen molar-refractivity contribution in [1.29, 1.82) is 0 Å². The lowest BCUT2D eigenvalue weighted by molar-refractivity contribution is -0.123. The van der Waals surface area contributed by atoms with Gasteiger partial charge in [0.1, 0.15) is 5.75 Å². The van der Waals surface area contributed by atoms with E-state index in [1.807, 2.05) is 54.6 Å². The molecule has 3 heteroatoms. The second kappa shape index (κ2) is 10.4. The second-order valence-electron chi connectivity index (χ2n) is 7.58. The average Bonchev–Trinajstić information content (AvgIpc) is 2.79. The molecule has 0 aliphatic rings. The molecular weight excluding hydrogens is 370 g/mol. The fourth-order valence-corrected chi connectivity index (χ4v) is 3.45. The van der Waals surface area contributed by atoms with Gasteiger partial charge in [0.15, 0.2) is 0 Å². The van der Waals surface area contributed by atoms with Gasteiger partial charge < -0.3 is 10.1 Å². The summed E-state index contributed by atoms with van der Waals surface area (Å²) in [6.45, 7) is 4.67. The van der Waals surface area contributed by atoms with Crippen LogP contribution < -0.4 is 10.1 Å². The second-order valence-corrected chi connectivity index (χ2v) is 7.58. The fraction of sp³-hybridized carbons (Fsp3) is 0.222. The Hall–Kier alpha value is -3.33. The molecule has 0 aliphatic carbocycles. The van der Waals surface area contributed by atoms with Gasteiger partial charge in [-0.05, 0) is 41.7 Å². The van der Waals surface area contributed by atoms with E-state index < -0.39 is 0 Å². The van der Waals surface area contributed by atoms with E-state index in [0.717, 1.165) is 22.4 Å². The summed E-state index contributed by atoms with van der Waals surface area (Å²) in [5, 5.41) is 3.12. The van der Waals surface area contributed by atoms with Crippen LogP contribution in [-0.4, -0.2) is 13.0 Å². The minimum Gasteiger partial charge on any atom is -0.497 e. The minimum atomic E-state index is -0.260. The standard InChI is InChI=1S/C27H29NO2/c1-20-9-15-24(16-10-20)26(27(29)28-19-23-7-5-4-6-8-23)21(2)11-12-22-13-17-25(30-3)18-14-22/h4-18,21,26H,19H2,1-3H3,(H,28,29)/b12-11+. The van der Waals surface area contributed by atoms with Crippen LogP contribution >= 0.6 is 0 Å². The quantitative estimate of drug-likeness (QED) is 0.523. The number of hydrogen-bond donors (Lipinski definition) is 1. The number of rotatable bonds is 8. The molecular formula is C27H29NO2. The predicted octanol–water partition coefficient (Wildman–Crippen LogP) is 5.75. The van der Waals surface area contributed by atoms with Gasteiger partial charge in [-0.3, -0.25) is 4.79 Å². The first-order valence-corrected chi connectivity index (χ1v) is 10.3. The Morgan fingerprint density at radius 3 is 2.27 bits per heavy atom. The Kier molecular flexibility index (Phi) is 7.45. The number of nitrogens with one attached hydrogen (secondary N) is 1. The molecule has 2 atom stereocenters. The maximum atomic E-state index is 13.2. The minimum absolute atomic E-state index is 0.0329. The van der Waals surface area contributed by atoms with Gasteiger partial charge >= 0.3 is 0 Å². The maximum absolute atomic E-state index is 13.2. The number of methoxy groups -OCH3 is 1. The van der Waals surface area contributed by atoms with E-state index in [2.05, 4.69) is 55.6 Å². The van der Waals surface area contributed by atoms with Gasteiger partial charge in [-0.1, -0.05) is 91.4 Å². The molecule has 30 heavy (non-hydrogen) atoms. The van der Waals surface area contributed by atoms with Gasteiger partial charge in [-0.2, -0.15) is 0 Å². The van der Waals surface area contributed by atoms with E-state index >= 15 is 0 Å². The Labute approximate surface area is 179 Å².